The molecule has 0 unspecified atom stereocenters. The number of hydrogen-bond acceptors (Lipinski definition) is 6. The fraction of sp³-hybridized carbons (Fsp3) is 0.0909. The number of aromatic nitrogens is 2. The standard InChI is InChI=1S/C11H10BrN3O3S2/c1-18-11-10(13-6-9(12)14-11)15-20(16,17)8-5-3-2-4-7(8)19/h2-6,19H,1H3,(H,13,15). The Balaban J connectivity index is 2.41. The molecule has 0 atom stereocenters. The highest BCUT2D eigenvalue weighted by atomic mass is 79.9. The number of benzene rings is 1. The van der Waals surface area contributed by atoms with E-state index in [1.807, 2.05) is 0 Å². The lowest BCUT2D eigenvalue weighted by Gasteiger charge is -2.11. The van der Waals surface area contributed by atoms with Crippen LogP contribution in [-0.2, 0) is 10.0 Å². The van der Waals surface area contributed by atoms with Crippen molar-refractivity contribution in [3.05, 3.63) is 35.1 Å². The average molecular weight is 376 g/mol. The third-order valence-electron chi connectivity index (χ3n) is 2.29. The second kappa shape index (κ2) is 5.98. The topological polar surface area (TPSA) is 81.2 Å². The zero-order valence-electron chi connectivity index (χ0n) is 10.2. The summed E-state index contributed by atoms with van der Waals surface area (Å²) < 4.78 is 32.3. The Kier molecular flexibility index (Phi) is 4.51. The fourth-order valence-electron chi connectivity index (χ4n) is 1.43. The summed E-state index contributed by atoms with van der Waals surface area (Å²) in [5, 5.41) is 0. The van der Waals surface area contributed by atoms with Gasteiger partial charge in [-0.1, -0.05) is 12.1 Å². The first kappa shape index (κ1) is 15.1. The van der Waals surface area contributed by atoms with Crippen LogP contribution in [0, 0.1) is 0 Å². The molecule has 0 fully saturated rings. The van der Waals surface area contributed by atoms with E-state index in [1.54, 1.807) is 18.2 Å². The largest absolute Gasteiger partial charge is 0.478 e. The van der Waals surface area contributed by atoms with Crippen molar-refractivity contribution in [2.24, 2.45) is 0 Å². The molecule has 0 radical (unpaired) electrons. The third-order valence-corrected chi connectivity index (χ3v) is 4.61. The molecule has 1 aromatic heterocycles. The number of anilines is 1. The Labute approximate surface area is 130 Å². The average Bonchev–Trinajstić information content (AvgIpc) is 2.41. The van der Waals surface area contributed by atoms with E-state index in [0.717, 1.165) is 0 Å². The van der Waals surface area contributed by atoms with Crippen LogP contribution in [0.25, 0.3) is 0 Å². The molecule has 0 aliphatic carbocycles. The number of halogens is 1. The number of rotatable bonds is 4. The fourth-order valence-corrected chi connectivity index (χ4v) is 3.32. The molecule has 9 heteroatoms. The Morgan fingerprint density at radius 1 is 1.35 bits per heavy atom. The number of sulfonamides is 1. The highest BCUT2D eigenvalue weighted by Crippen LogP contribution is 2.26. The molecule has 2 aromatic rings. The van der Waals surface area contributed by atoms with Gasteiger partial charge in [0.25, 0.3) is 15.9 Å². The maximum absolute atomic E-state index is 12.3. The lowest BCUT2D eigenvalue weighted by molar-refractivity contribution is 0.397. The molecule has 0 amide bonds. The maximum Gasteiger partial charge on any atom is 0.264 e. The SMILES string of the molecule is COc1nc(Br)cnc1NS(=O)(=O)c1ccccc1S. The number of thiol groups is 1. The summed E-state index contributed by atoms with van der Waals surface area (Å²) in [5.41, 5.74) is 0. The molecule has 6 nitrogen and oxygen atoms in total. The minimum atomic E-state index is -3.81. The quantitative estimate of drug-likeness (QED) is 0.801. The minimum absolute atomic E-state index is 0.00675. The van der Waals surface area contributed by atoms with E-state index in [-0.39, 0.29) is 16.6 Å². The van der Waals surface area contributed by atoms with E-state index in [1.165, 1.54) is 19.4 Å². The van der Waals surface area contributed by atoms with Gasteiger partial charge in [-0.25, -0.2) is 18.4 Å². The van der Waals surface area contributed by atoms with Crippen LogP contribution >= 0.6 is 28.6 Å². The molecule has 0 saturated heterocycles. The lowest BCUT2D eigenvalue weighted by Crippen LogP contribution is -2.15. The van der Waals surface area contributed by atoms with Crippen LogP contribution in [0.2, 0.25) is 0 Å². The van der Waals surface area contributed by atoms with Crippen LogP contribution in [0.15, 0.2) is 44.9 Å². The predicted octanol–water partition coefficient (Wildman–Crippen LogP) is 2.34. The summed E-state index contributed by atoms with van der Waals surface area (Å²) in [5.74, 6) is 0.0758. The van der Waals surface area contributed by atoms with Crippen molar-refractivity contribution in [1.29, 1.82) is 0 Å². The van der Waals surface area contributed by atoms with Gasteiger partial charge in [-0.2, -0.15) is 0 Å². The smallest absolute Gasteiger partial charge is 0.264 e. The minimum Gasteiger partial charge on any atom is -0.478 e. The highest BCUT2D eigenvalue weighted by molar-refractivity contribution is 9.10. The van der Waals surface area contributed by atoms with Gasteiger partial charge >= 0.3 is 0 Å². The normalized spacial score (nSPS) is 11.2. The van der Waals surface area contributed by atoms with Gasteiger partial charge in [0.15, 0.2) is 0 Å². The first-order valence-corrected chi connectivity index (χ1v) is 8.03. The van der Waals surface area contributed by atoms with Crippen molar-refractivity contribution >= 4 is 44.4 Å². The van der Waals surface area contributed by atoms with Crippen molar-refractivity contribution in [2.75, 3.05) is 11.8 Å². The molecular formula is C11H10BrN3O3S2. The van der Waals surface area contributed by atoms with Crippen molar-refractivity contribution < 1.29 is 13.2 Å². The highest BCUT2D eigenvalue weighted by Gasteiger charge is 2.20. The second-order valence-corrected chi connectivity index (χ2v) is 6.57. The Bertz CT molecular complexity index is 737. The van der Waals surface area contributed by atoms with Gasteiger partial charge in [0, 0.05) is 4.90 Å². The molecule has 0 saturated carbocycles. The molecule has 0 spiro atoms. The molecule has 0 aliphatic heterocycles. The lowest BCUT2D eigenvalue weighted by atomic mass is 10.4. The maximum atomic E-state index is 12.3. The van der Waals surface area contributed by atoms with Gasteiger partial charge < -0.3 is 4.74 Å². The molecule has 1 N–H and O–H groups in total. The van der Waals surface area contributed by atoms with E-state index >= 15 is 0 Å². The molecular weight excluding hydrogens is 366 g/mol. The summed E-state index contributed by atoms with van der Waals surface area (Å²) in [7, 11) is -2.44. The van der Waals surface area contributed by atoms with Gasteiger partial charge in [-0.05, 0) is 28.1 Å². The molecule has 0 aliphatic rings. The van der Waals surface area contributed by atoms with E-state index in [4.69, 9.17) is 4.74 Å². The van der Waals surface area contributed by atoms with Crippen LogP contribution in [0.5, 0.6) is 5.88 Å². The van der Waals surface area contributed by atoms with Crippen molar-refractivity contribution in [2.45, 2.75) is 9.79 Å². The predicted molar refractivity (Wildman–Crippen MR) is 80.8 cm³/mol. The Morgan fingerprint density at radius 3 is 2.70 bits per heavy atom. The number of nitrogens with one attached hydrogen (secondary N) is 1. The van der Waals surface area contributed by atoms with E-state index < -0.39 is 10.0 Å². The number of methoxy groups -OCH3 is 1. The molecule has 1 aromatic carbocycles. The summed E-state index contributed by atoms with van der Waals surface area (Å²) >= 11 is 7.26. The van der Waals surface area contributed by atoms with Crippen LogP contribution in [-0.4, -0.2) is 25.5 Å². The van der Waals surface area contributed by atoms with Crippen LogP contribution < -0.4 is 9.46 Å². The Morgan fingerprint density at radius 2 is 2.05 bits per heavy atom. The van der Waals surface area contributed by atoms with Crippen LogP contribution in [0.1, 0.15) is 0 Å². The van der Waals surface area contributed by atoms with Crippen LogP contribution in [0.3, 0.4) is 0 Å². The summed E-state index contributed by atoms with van der Waals surface area (Å²) in [6.07, 6.45) is 1.37. The van der Waals surface area contributed by atoms with E-state index in [2.05, 4.69) is 43.2 Å². The third kappa shape index (κ3) is 3.22. The number of ether oxygens (including phenoxy) is 1. The second-order valence-electron chi connectivity index (χ2n) is 3.62. The molecule has 2 rings (SSSR count). The van der Waals surface area contributed by atoms with Crippen molar-refractivity contribution in [1.82, 2.24) is 9.97 Å². The summed E-state index contributed by atoms with van der Waals surface area (Å²) in [6.45, 7) is 0. The molecule has 20 heavy (non-hydrogen) atoms. The van der Waals surface area contributed by atoms with Gasteiger partial charge in [0.2, 0.25) is 5.82 Å². The van der Waals surface area contributed by atoms with Gasteiger partial charge in [-0.15, -0.1) is 12.6 Å². The van der Waals surface area contributed by atoms with Crippen molar-refractivity contribution in [3.8, 4) is 5.88 Å². The zero-order valence-corrected chi connectivity index (χ0v) is 13.5. The van der Waals surface area contributed by atoms with Gasteiger partial charge in [-0.3, -0.25) is 4.72 Å². The van der Waals surface area contributed by atoms with Gasteiger partial charge in [0.1, 0.15) is 9.50 Å². The summed E-state index contributed by atoms with van der Waals surface area (Å²) in [4.78, 5) is 8.31. The first-order valence-electron chi connectivity index (χ1n) is 5.31. The van der Waals surface area contributed by atoms with Gasteiger partial charge in [0.05, 0.1) is 13.3 Å². The summed E-state index contributed by atoms with van der Waals surface area (Å²) in [6, 6.07) is 6.34. The zero-order chi connectivity index (χ0) is 14.8. The number of hydrogen-bond donors (Lipinski definition) is 2. The molecule has 106 valence electrons. The van der Waals surface area contributed by atoms with Crippen molar-refractivity contribution in [3.63, 3.8) is 0 Å². The van der Waals surface area contributed by atoms with Crippen LogP contribution in [0.4, 0.5) is 5.82 Å². The van der Waals surface area contributed by atoms with E-state index in [0.29, 0.717) is 9.50 Å². The monoisotopic (exact) mass is 375 g/mol. The molecule has 1 heterocycles. The molecule has 0 bridgehead atoms. The van der Waals surface area contributed by atoms with E-state index in [9.17, 15) is 8.42 Å². The number of nitrogens with zero attached hydrogens (tertiary/aromatic N) is 2. The first-order chi connectivity index (χ1) is 9.44. The Hall–Kier alpha value is -1.32.